The second kappa shape index (κ2) is 7.58. The van der Waals surface area contributed by atoms with Crippen molar-refractivity contribution >= 4 is 39.8 Å². The molecule has 0 spiro atoms. The van der Waals surface area contributed by atoms with Crippen LogP contribution in [0.2, 0.25) is 0 Å². The number of fused-ring (bicyclic) bond motifs is 2. The molecule has 0 bridgehead atoms. The van der Waals surface area contributed by atoms with E-state index in [0.29, 0.717) is 31.6 Å². The molecule has 1 fully saturated rings. The van der Waals surface area contributed by atoms with Gasteiger partial charge in [-0.25, -0.2) is 4.39 Å². The molecule has 3 heterocycles. The molecule has 2 aromatic carbocycles. The SMILES string of the molecule is CC1(C)C(=O)Nc2ccc(NC(=O)C3CCN(c4ccnc5ccc(F)cc45)CC3)cc21. The van der Waals surface area contributed by atoms with Gasteiger partial charge in [0.15, 0.2) is 0 Å². The molecule has 3 aromatic rings. The number of rotatable bonds is 3. The number of piperidine rings is 1. The Morgan fingerprint density at radius 1 is 1.16 bits per heavy atom. The number of hydrogen-bond donors (Lipinski definition) is 2. The minimum atomic E-state index is -0.617. The number of benzene rings is 2. The number of halogens is 1. The van der Waals surface area contributed by atoms with Crippen LogP contribution in [0, 0.1) is 11.7 Å². The van der Waals surface area contributed by atoms with E-state index in [4.69, 9.17) is 0 Å². The third-order valence-corrected chi connectivity index (χ3v) is 6.66. The molecule has 164 valence electrons. The lowest BCUT2D eigenvalue weighted by Gasteiger charge is -2.33. The number of carbonyl (C=O) groups excluding carboxylic acids is 2. The highest BCUT2D eigenvalue weighted by Crippen LogP contribution is 2.39. The van der Waals surface area contributed by atoms with E-state index in [1.807, 2.05) is 38.1 Å². The van der Waals surface area contributed by atoms with Crippen LogP contribution < -0.4 is 15.5 Å². The largest absolute Gasteiger partial charge is 0.371 e. The minimum absolute atomic E-state index is 0.00896. The summed E-state index contributed by atoms with van der Waals surface area (Å²) in [7, 11) is 0. The van der Waals surface area contributed by atoms with Crippen LogP contribution in [0.15, 0.2) is 48.7 Å². The molecular weight excluding hydrogens is 407 g/mol. The number of nitrogens with zero attached hydrogens (tertiary/aromatic N) is 2. The fourth-order valence-electron chi connectivity index (χ4n) is 4.66. The summed E-state index contributed by atoms with van der Waals surface area (Å²) in [6, 6.07) is 12.1. The van der Waals surface area contributed by atoms with Gasteiger partial charge in [-0.2, -0.15) is 0 Å². The van der Waals surface area contributed by atoms with Gasteiger partial charge in [0.05, 0.1) is 10.9 Å². The summed E-state index contributed by atoms with van der Waals surface area (Å²) in [6.07, 6.45) is 3.16. The van der Waals surface area contributed by atoms with Crippen molar-refractivity contribution in [2.45, 2.75) is 32.1 Å². The molecule has 0 aliphatic carbocycles. The van der Waals surface area contributed by atoms with Gasteiger partial charge in [-0.05, 0) is 74.7 Å². The molecule has 0 saturated carbocycles. The van der Waals surface area contributed by atoms with E-state index in [1.165, 1.54) is 12.1 Å². The molecule has 5 rings (SSSR count). The summed E-state index contributed by atoms with van der Waals surface area (Å²) >= 11 is 0. The van der Waals surface area contributed by atoms with E-state index in [-0.39, 0.29) is 23.5 Å². The predicted octanol–water partition coefficient (Wildman–Crippen LogP) is 4.46. The summed E-state index contributed by atoms with van der Waals surface area (Å²) in [5.74, 6) is -0.426. The Morgan fingerprint density at radius 2 is 1.94 bits per heavy atom. The van der Waals surface area contributed by atoms with Gasteiger partial charge in [0, 0.05) is 47.7 Å². The molecule has 2 aliphatic rings. The number of aromatic nitrogens is 1. The van der Waals surface area contributed by atoms with Gasteiger partial charge in [0.1, 0.15) is 5.82 Å². The van der Waals surface area contributed by atoms with Gasteiger partial charge in [0.2, 0.25) is 11.8 Å². The van der Waals surface area contributed by atoms with Crippen LogP contribution in [0.1, 0.15) is 32.3 Å². The first-order valence-electron chi connectivity index (χ1n) is 10.9. The molecule has 6 nitrogen and oxygen atoms in total. The number of nitrogens with one attached hydrogen (secondary N) is 2. The number of pyridine rings is 1. The zero-order valence-corrected chi connectivity index (χ0v) is 18.1. The van der Waals surface area contributed by atoms with E-state index in [1.54, 1.807) is 12.3 Å². The molecule has 1 saturated heterocycles. The topological polar surface area (TPSA) is 74.3 Å². The number of amides is 2. The van der Waals surface area contributed by atoms with Gasteiger partial charge in [-0.1, -0.05) is 0 Å². The fraction of sp³-hybridized carbons (Fsp3) is 0.320. The highest BCUT2D eigenvalue weighted by Gasteiger charge is 2.38. The van der Waals surface area contributed by atoms with Crippen LogP contribution in [0.4, 0.5) is 21.5 Å². The van der Waals surface area contributed by atoms with Gasteiger partial charge >= 0.3 is 0 Å². The van der Waals surface area contributed by atoms with Gasteiger partial charge < -0.3 is 15.5 Å². The van der Waals surface area contributed by atoms with Crippen molar-refractivity contribution in [1.29, 1.82) is 0 Å². The number of anilines is 3. The third kappa shape index (κ3) is 3.47. The average molecular weight is 432 g/mol. The second-order valence-corrected chi connectivity index (χ2v) is 9.08. The fourth-order valence-corrected chi connectivity index (χ4v) is 4.66. The van der Waals surface area contributed by atoms with Gasteiger partial charge in [0.25, 0.3) is 0 Å². The van der Waals surface area contributed by atoms with E-state index in [0.717, 1.165) is 27.8 Å². The van der Waals surface area contributed by atoms with Crippen molar-refractivity contribution in [3.05, 3.63) is 60.0 Å². The Bertz CT molecular complexity index is 1230. The Hall–Kier alpha value is -3.48. The summed E-state index contributed by atoms with van der Waals surface area (Å²) in [4.78, 5) is 31.6. The lowest BCUT2D eigenvalue weighted by molar-refractivity contribution is -0.120. The molecule has 2 amide bonds. The Morgan fingerprint density at radius 3 is 2.72 bits per heavy atom. The molecule has 0 radical (unpaired) electrons. The first-order chi connectivity index (χ1) is 15.3. The zero-order valence-electron chi connectivity index (χ0n) is 18.1. The summed E-state index contributed by atoms with van der Waals surface area (Å²) < 4.78 is 13.8. The molecule has 1 aromatic heterocycles. The number of carbonyl (C=O) groups is 2. The minimum Gasteiger partial charge on any atom is -0.371 e. The Balaban J connectivity index is 1.27. The quantitative estimate of drug-likeness (QED) is 0.641. The van der Waals surface area contributed by atoms with Crippen LogP contribution in [0.25, 0.3) is 10.9 Å². The van der Waals surface area contributed by atoms with E-state index < -0.39 is 5.41 Å². The van der Waals surface area contributed by atoms with Crippen LogP contribution in [0.5, 0.6) is 0 Å². The van der Waals surface area contributed by atoms with Crippen LogP contribution >= 0.6 is 0 Å². The first-order valence-corrected chi connectivity index (χ1v) is 10.9. The highest BCUT2D eigenvalue weighted by molar-refractivity contribution is 6.06. The van der Waals surface area contributed by atoms with Crippen molar-refractivity contribution in [3.63, 3.8) is 0 Å². The standard InChI is InChI=1S/C25H25FN4O2/c1-25(2)19-14-17(4-6-21(19)29-24(25)32)28-23(31)15-8-11-30(12-9-15)22-7-10-27-20-5-3-16(26)13-18(20)22/h3-7,10,13-15H,8-9,11-12H2,1-2H3,(H,28,31)(H,29,32). The Kier molecular flexibility index (Phi) is 4.84. The van der Waals surface area contributed by atoms with Crippen LogP contribution in [-0.2, 0) is 15.0 Å². The molecular formula is C25H25FN4O2. The molecule has 32 heavy (non-hydrogen) atoms. The zero-order chi connectivity index (χ0) is 22.5. The first kappa shape index (κ1) is 20.4. The van der Waals surface area contributed by atoms with Crippen molar-refractivity contribution in [2.24, 2.45) is 5.92 Å². The van der Waals surface area contributed by atoms with E-state index in [2.05, 4.69) is 20.5 Å². The van der Waals surface area contributed by atoms with Crippen molar-refractivity contribution in [2.75, 3.05) is 28.6 Å². The van der Waals surface area contributed by atoms with Crippen molar-refractivity contribution in [3.8, 4) is 0 Å². The molecule has 7 heteroatoms. The lowest BCUT2D eigenvalue weighted by Crippen LogP contribution is -2.38. The number of hydrogen-bond acceptors (Lipinski definition) is 4. The van der Waals surface area contributed by atoms with Gasteiger partial charge in [-0.3, -0.25) is 14.6 Å². The van der Waals surface area contributed by atoms with E-state index >= 15 is 0 Å². The van der Waals surface area contributed by atoms with Crippen LogP contribution in [0.3, 0.4) is 0 Å². The van der Waals surface area contributed by atoms with Gasteiger partial charge in [-0.15, -0.1) is 0 Å². The maximum absolute atomic E-state index is 13.8. The summed E-state index contributed by atoms with van der Waals surface area (Å²) in [6.45, 7) is 5.18. The van der Waals surface area contributed by atoms with Crippen LogP contribution in [-0.4, -0.2) is 29.9 Å². The lowest BCUT2D eigenvalue weighted by atomic mass is 9.86. The molecule has 0 atom stereocenters. The molecule has 0 unspecified atom stereocenters. The maximum atomic E-state index is 13.8. The average Bonchev–Trinajstić information content (AvgIpc) is 3.01. The summed E-state index contributed by atoms with van der Waals surface area (Å²) in [5, 5.41) is 6.70. The maximum Gasteiger partial charge on any atom is 0.234 e. The predicted molar refractivity (Wildman–Crippen MR) is 123 cm³/mol. The van der Waals surface area contributed by atoms with Crippen molar-refractivity contribution < 1.29 is 14.0 Å². The normalized spacial score (nSPS) is 17.8. The smallest absolute Gasteiger partial charge is 0.234 e. The molecule has 2 N–H and O–H groups in total. The molecule has 2 aliphatic heterocycles. The summed E-state index contributed by atoms with van der Waals surface area (Å²) in [5.41, 5.74) is 3.49. The third-order valence-electron chi connectivity index (χ3n) is 6.66. The van der Waals surface area contributed by atoms with E-state index in [9.17, 15) is 14.0 Å². The monoisotopic (exact) mass is 432 g/mol. The second-order valence-electron chi connectivity index (χ2n) is 9.08. The highest BCUT2D eigenvalue weighted by atomic mass is 19.1. The Labute approximate surface area is 185 Å². The van der Waals surface area contributed by atoms with Crippen molar-refractivity contribution in [1.82, 2.24) is 4.98 Å².